The van der Waals surface area contributed by atoms with Crippen molar-refractivity contribution in [3.63, 3.8) is 0 Å². The fraction of sp³-hybridized carbons (Fsp3) is 0.909. The highest BCUT2D eigenvalue weighted by Gasteiger charge is 2.38. The molecule has 9 nitrogen and oxygen atoms in total. The van der Waals surface area contributed by atoms with E-state index < -0.39 is 5.41 Å². The summed E-state index contributed by atoms with van der Waals surface area (Å²) in [5.74, 6) is -0.372. The molecule has 0 aromatic carbocycles. The molecule has 0 aliphatic carbocycles. The van der Waals surface area contributed by atoms with E-state index in [2.05, 4.69) is 39.5 Å². The van der Waals surface area contributed by atoms with E-state index in [1.807, 2.05) is 14.1 Å². The molecule has 0 spiro atoms. The minimum atomic E-state index is -1.21. The molecule has 9 heteroatoms. The Balaban J connectivity index is 6.00. The van der Waals surface area contributed by atoms with Gasteiger partial charge in [-0.3, -0.25) is 19.2 Å². The van der Waals surface area contributed by atoms with E-state index in [-0.39, 0.29) is 69.6 Å². The molecule has 0 saturated heterocycles. The first kappa shape index (κ1) is 50.8. The van der Waals surface area contributed by atoms with Crippen LogP contribution < -0.4 is 0 Å². The summed E-state index contributed by atoms with van der Waals surface area (Å²) in [6, 6.07) is 0. The molecule has 0 fully saturated rings. The third kappa shape index (κ3) is 28.9. The number of esters is 4. The molecular weight excluding hydrogens is 670 g/mol. The number of rotatable bonds is 37. The van der Waals surface area contributed by atoms with Crippen molar-refractivity contribution < 1.29 is 38.1 Å². The molecule has 0 amide bonds. The SMILES string of the molecule is CCCCCC(=O)OCC(COC(=O)CCCCC)(COC(=O)CCCCN(C)C)COC(=O)CCC(CCCCC)C(CCCCC)CCCCC. The first-order valence-corrected chi connectivity index (χ1v) is 21.8. The van der Waals surface area contributed by atoms with Gasteiger partial charge in [-0.1, -0.05) is 137 Å². The van der Waals surface area contributed by atoms with E-state index >= 15 is 0 Å². The van der Waals surface area contributed by atoms with E-state index in [0.29, 0.717) is 37.5 Å². The molecule has 0 aromatic heterocycles. The second kappa shape index (κ2) is 34.3. The highest BCUT2D eigenvalue weighted by molar-refractivity contribution is 5.71. The number of hydrogen-bond acceptors (Lipinski definition) is 9. The van der Waals surface area contributed by atoms with Crippen molar-refractivity contribution in [2.24, 2.45) is 17.3 Å². The Hall–Kier alpha value is -2.16. The second-order valence-corrected chi connectivity index (χ2v) is 15.9. The summed E-state index contributed by atoms with van der Waals surface area (Å²) >= 11 is 0. The van der Waals surface area contributed by atoms with E-state index in [1.54, 1.807) is 0 Å². The van der Waals surface area contributed by atoms with Crippen LogP contribution in [0.4, 0.5) is 0 Å². The maximum absolute atomic E-state index is 13.5. The molecule has 0 heterocycles. The van der Waals surface area contributed by atoms with Crippen molar-refractivity contribution in [2.75, 3.05) is 47.1 Å². The number of carbonyl (C=O) groups excluding carboxylic acids is 4. The summed E-state index contributed by atoms with van der Waals surface area (Å²) in [5, 5.41) is 0. The van der Waals surface area contributed by atoms with E-state index in [1.165, 1.54) is 70.6 Å². The normalized spacial score (nSPS) is 12.2. The van der Waals surface area contributed by atoms with E-state index in [0.717, 1.165) is 51.5 Å². The lowest BCUT2D eigenvalue weighted by Crippen LogP contribution is -2.44. The van der Waals surface area contributed by atoms with Gasteiger partial charge < -0.3 is 23.8 Å². The van der Waals surface area contributed by atoms with Crippen molar-refractivity contribution in [1.82, 2.24) is 4.90 Å². The molecule has 1 unspecified atom stereocenters. The highest BCUT2D eigenvalue weighted by atomic mass is 16.6. The Kier molecular flexibility index (Phi) is 32.9. The summed E-state index contributed by atoms with van der Waals surface area (Å²) in [5.41, 5.74) is -1.21. The van der Waals surface area contributed by atoms with Gasteiger partial charge in [-0.2, -0.15) is 0 Å². The van der Waals surface area contributed by atoms with Crippen LogP contribution in [0.2, 0.25) is 0 Å². The Labute approximate surface area is 325 Å². The summed E-state index contributed by atoms with van der Waals surface area (Å²) < 4.78 is 23.2. The standard InChI is InChI=1S/C44H83NO8/c1-8-13-18-25-38(26-19-14-9-2)39(27-20-15-10-3)31-32-43(49)53-37-44(34-50-40(46)28-21-16-11-4,35-51-41(47)29-22-17-12-5)36-52-42(48)30-23-24-33-45(6)7/h38-39H,8-37H2,1-7H3. The van der Waals surface area contributed by atoms with E-state index in [9.17, 15) is 19.2 Å². The molecule has 0 aromatic rings. The van der Waals surface area contributed by atoms with Crippen molar-refractivity contribution in [2.45, 2.75) is 195 Å². The van der Waals surface area contributed by atoms with Gasteiger partial charge in [0.2, 0.25) is 0 Å². The van der Waals surface area contributed by atoms with Crippen LogP contribution in [0.3, 0.4) is 0 Å². The van der Waals surface area contributed by atoms with Gasteiger partial charge in [-0.25, -0.2) is 0 Å². The Bertz CT molecular complexity index is 887. The third-order valence-corrected chi connectivity index (χ3v) is 10.3. The van der Waals surface area contributed by atoms with Crippen LogP contribution in [0.5, 0.6) is 0 Å². The average molecular weight is 754 g/mol. The van der Waals surface area contributed by atoms with Gasteiger partial charge in [-0.15, -0.1) is 0 Å². The van der Waals surface area contributed by atoms with Gasteiger partial charge in [0.05, 0.1) is 0 Å². The fourth-order valence-corrected chi connectivity index (χ4v) is 6.71. The van der Waals surface area contributed by atoms with Gasteiger partial charge in [0.15, 0.2) is 0 Å². The van der Waals surface area contributed by atoms with Crippen LogP contribution in [0, 0.1) is 17.3 Å². The zero-order valence-corrected chi connectivity index (χ0v) is 35.6. The van der Waals surface area contributed by atoms with Crippen molar-refractivity contribution in [1.29, 1.82) is 0 Å². The first-order valence-electron chi connectivity index (χ1n) is 21.8. The lowest BCUT2D eigenvalue weighted by atomic mass is 9.78. The summed E-state index contributed by atoms with van der Waals surface area (Å²) in [6.07, 6.45) is 23.0. The number of carbonyl (C=O) groups is 4. The minimum Gasteiger partial charge on any atom is -0.465 e. The number of nitrogens with zero attached hydrogens (tertiary/aromatic N) is 1. The quantitative estimate of drug-likeness (QED) is 0.0348. The minimum absolute atomic E-state index is 0.179. The van der Waals surface area contributed by atoms with Gasteiger partial charge >= 0.3 is 23.9 Å². The van der Waals surface area contributed by atoms with Crippen LogP contribution in [-0.4, -0.2) is 75.8 Å². The molecule has 0 saturated carbocycles. The topological polar surface area (TPSA) is 108 Å². The molecule has 0 N–H and O–H groups in total. The van der Waals surface area contributed by atoms with Crippen LogP contribution in [0.15, 0.2) is 0 Å². The Morgan fingerprint density at radius 3 is 1.06 bits per heavy atom. The number of ether oxygens (including phenoxy) is 4. The predicted octanol–water partition coefficient (Wildman–Crippen LogP) is 10.8. The maximum Gasteiger partial charge on any atom is 0.305 e. The lowest BCUT2D eigenvalue weighted by molar-refractivity contribution is -0.170. The molecule has 0 bridgehead atoms. The first-order chi connectivity index (χ1) is 25.6. The molecule has 0 aliphatic rings. The van der Waals surface area contributed by atoms with Crippen molar-refractivity contribution in [3.05, 3.63) is 0 Å². The van der Waals surface area contributed by atoms with Gasteiger partial charge in [0, 0.05) is 25.7 Å². The summed E-state index contributed by atoms with van der Waals surface area (Å²) in [6.45, 7) is 11.0. The number of hydrogen-bond donors (Lipinski definition) is 0. The fourth-order valence-electron chi connectivity index (χ4n) is 6.71. The summed E-state index contributed by atoms with van der Waals surface area (Å²) in [4.78, 5) is 54.0. The van der Waals surface area contributed by atoms with Gasteiger partial charge in [0.1, 0.15) is 31.8 Å². The van der Waals surface area contributed by atoms with Gasteiger partial charge in [0.25, 0.3) is 0 Å². The maximum atomic E-state index is 13.5. The third-order valence-electron chi connectivity index (χ3n) is 10.3. The monoisotopic (exact) mass is 754 g/mol. The van der Waals surface area contributed by atoms with Crippen molar-refractivity contribution in [3.8, 4) is 0 Å². The van der Waals surface area contributed by atoms with Crippen LogP contribution >= 0.6 is 0 Å². The molecule has 0 radical (unpaired) electrons. The lowest BCUT2D eigenvalue weighted by Gasteiger charge is -2.32. The largest absolute Gasteiger partial charge is 0.465 e. The van der Waals surface area contributed by atoms with Crippen LogP contribution in [0.1, 0.15) is 195 Å². The number of unbranched alkanes of at least 4 members (excludes halogenated alkanes) is 11. The smallest absolute Gasteiger partial charge is 0.305 e. The molecular formula is C44H83NO8. The Morgan fingerprint density at radius 2 is 0.717 bits per heavy atom. The van der Waals surface area contributed by atoms with E-state index in [4.69, 9.17) is 18.9 Å². The second-order valence-electron chi connectivity index (χ2n) is 15.9. The zero-order valence-electron chi connectivity index (χ0n) is 35.6. The molecule has 312 valence electrons. The molecule has 1 atom stereocenters. The highest BCUT2D eigenvalue weighted by Crippen LogP contribution is 2.33. The van der Waals surface area contributed by atoms with Crippen LogP contribution in [-0.2, 0) is 38.1 Å². The van der Waals surface area contributed by atoms with Gasteiger partial charge in [-0.05, 0) is 64.6 Å². The molecule has 0 rings (SSSR count). The Morgan fingerprint density at radius 1 is 0.415 bits per heavy atom. The average Bonchev–Trinajstić information content (AvgIpc) is 3.14. The predicted molar refractivity (Wildman–Crippen MR) is 216 cm³/mol. The zero-order chi connectivity index (χ0) is 39.6. The molecule has 0 aliphatic heterocycles. The van der Waals surface area contributed by atoms with Crippen molar-refractivity contribution >= 4 is 23.9 Å². The van der Waals surface area contributed by atoms with Crippen LogP contribution in [0.25, 0.3) is 0 Å². The summed E-state index contributed by atoms with van der Waals surface area (Å²) in [7, 11) is 3.99. The molecule has 53 heavy (non-hydrogen) atoms.